The predicted molar refractivity (Wildman–Crippen MR) is 110 cm³/mol. The van der Waals surface area contributed by atoms with Crippen LogP contribution < -0.4 is 0 Å². The molecule has 1 aliphatic rings. The van der Waals surface area contributed by atoms with Gasteiger partial charge in [0.25, 0.3) is 0 Å². The molecule has 1 aromatic carbocycles. The van der Waals surface area contributed by atoms with Crippen molar-refractivity contribution in [1.82, 2.24) is 9.88 Å². The smallest absolute Gasteiger partial charge is 0.413 e. The highest BCUT2D eigenvalue weighted by Crippen LogP contribution is 2.42. The standard InChI is InChI=1S/C23H25F2N3O3/c1-22(2,3)31-21(29)28-19(11-24)20(30-23(28,4)5)15-8-6-14(7-9-15)16-10-17(25)18(12-26)27-13-16/h6-10,13,19-20H,11H2,1-5H3/t19-,20-/m1/s1. The molecule has 0 radical (unpaired) electrons. The second-order valence-corrected chi connectivity index (χ2v) is 8.85. The van der Waals surface area contributed by atoms with E-state index in [0.29, 0.717) is 16.7 Å². The van der Waals surface area contributed by atoms with Crippen LogP contribution in [0.5, 0.6) is 0 Å². The van der Waals surface area contributed by atoms with Gasteiger partial charge in [-0.1, -0.05) is 24.3 Å². The average Bonchev–Trinajstić information content (AvgIpc) is 2.97. The molecule has 0 saturated carbocycles. The van der Waals surface area contributed by atoms with E-state index in [0.717, 1.165) is 0 Å². The van der Waals surface area contributed by atoms with Gasteiger partial charge in [0.05, 0.1) is 6.04 Å². The Morgan fingerprint density at radius 2 is 1.94 bits per heavy atom. The Morgan fingerprint density at radius 3 is 2.45 bits per heavy atom. The predicted octanol–water partition coefficient (Wildman–Crippen LogP) is 5.14. The van der Waals surface area contributed by atoms with E-state index in [-0.39, 0.29) is 5.69 Å². The Hall–Kier alpha value is -3.05. The van der Waals surface area contributed by atoms with E-state index in [4.69, 9.17) is 14.7 Å². The molecule has 1 aliphatic heterocycles. The zero-order valence-corrected chi connectivity index (χ0v) is 18.1. The van der Waals surface area contributed by atoms with Gasteiger partial charge in [-0.3, -0.25) is 4.90 Å². The fourth-order valence-electron chi connectivity index (χ4n) is 3.63. The van der Waals surface area contributed by atoms with Crippen molar-refractivity contribution in [2.45, 2.75) is 58.1 Å². The number of nitriles is 1. The number of halogens is 2. The summed E-state index contributed by atoms with van der Waals surface area (Å²) in [5.74, 6) is -0.699. The van der Waals surface area contributed by atoms with Crippen LogP contribution in [0, 0.1) is 17.1 Å². The molecule has 3 rings (SSSR count). The number of hydrogen-bond donors (Lipinski definition) is 0. The lowest BCUT2D eigenvalue weighted by atomic mass is 9.99. The number of carbonyl (C=O) groups excluding carboxylic acids is 1. The number of benzene rings is 1. The van der Waals surface area contributed by atoms with Crippen molar-refractivity contribution in [3.8, 4) is 17.2 Å². The van der Waals surface area contributed by atoms with Gasteiger partial charge < -0.3 is 9.47 Å². The third kappa shape index (κ3) is 4.67. The summed E-state index contributed by atoms with van der Waals surface area (Å²) in [5.41, 5.74) is -0.200. The first-order chi connectivity index (χ1) is 14.5. The second kappa shape index (κ2) is 8.23. The molecule has 1 saturated heterocycles. The molecule has 31 heavy (non-hydrogen) atoms. The Morgan fingerprint density at radius 1 is 1.29 bits per heavy atom. The van der Waals surface area contributed by atoms with Gasteiger partial charge in [0, 0.05) is 11.8 Å². The molecular weight excluding hydrogens is 404 g/mol. The fraction of sp³-hybridized carbons (Fsp3) is 0.435. The molecule has 0 spiro atoms. The quantitative estimate of drug-likeness (QED) is 0.675. The first-order valence-electron chi connectivity index (χ1n) is 9.89. The number of amides is 1. The van der Waals surface area contributed by atoms with E-state index in [9.17, 15) is 13.6 Å². The molecule has 6 nitrogen and oxygen atoms in total. The average molecular weight is 429 g/mol. The maximum Gasteiger partial charge on any atom is 0.413 e. The lowest BCUT2D eigenvalue weighted by Gasteiger charge is -2.34. The van der Waals surface area contributed by atoms with Gasteiger partial charge in [-0.2, -0.15) is 5.26 Å². The minimum Gasteiger partial charge on any atom is -0.444 e. The summed E-state index contributed by atoms with van der Waals surface area (Å²) in [6.07, 6.45) is 0.0799. The minimum atomic E-state index is -1.07. The van der Waals surface area contributed by atoms with Gasteiger partial charge in [0.15, 0.2) is 11.5 Å². The van der Waals surface area contributed by atoms with Gasteiger partial charge in [-0.15, -0.1) is 0 Å². The van der Waals surface area contributed by atoms with E-state index < -0.39 is 42.1 Å². The minimum absolute atomic E-state index is 0.269. The first kappa shape index (κ1) is 22.6. The van der Waals surface area contributed by atoms with Crippen LogP contribution in [0.2, 0.25) is 0 Å². The number of pyridine rings is 1. The highest BCUT2D eigenvalue weighted by atomic mass is 19.1. The third-order valence-corrected chi connectivity index (χ3v) is 4.94. The maximum atomic E-state index is 14.1. The van der Waals surface area contributed by atoms with Crippen LogP contribution in [-0.4, -0.2) is 40.0 Å². The zero-order chi connectivity index (χ0) is 23.0. The molecule has 2 aromatic rings. The summed E-state index contributed by atoms with van der Waals surface area (Å²) in [5, 5.41) is 8.82. The van der Waals surface area contributed by atoms with Crippen LogP contribution in [0.4, 0.5) is 13.6 Å². The SMILES string of the molecule is CC(C)(C)OC(=O)N1[C@H](CF)[C@@H](c2ccc(-c3cnc(C#N)c(F)c3)cc2)OC1(C)C. The second-order valence-electron chi connectivity index (χ2n) is 8.85. The Labute approximate surface area is 180 Å². The molecule has 2 heterocycles. The molecule has 0 N–H and O–H groups in total. The van der Waals surface area contributed by atoms with Crippen LogP contribution in [0.15, 0.2) is 36.5 Å². The maximum absolute atomic E-state index is 14.1. The molecule has 0 unspecified atom stereocenters. The highest BCUT2D eigenvalue weighted by molar-refractivity contribution is 5.70. The van der Waals surface area contributed by atoms with Crippen LogP contribution >= 0.6 is 0 Å². The van der Waals surface area contributed by atoms with E-state index in [1.807, 2.05) is 0 Å². The number of carbonyl (C=O) groups is 1. The first-order valence-corrected chi connectivity index (χ1v) is 9.89. The van der Waals surface area contributed by atoms with Crippen molar-refractivity contribution in [3.63, 3.8) is 0 Å². The molecule has 1 aromatic heterocycles. The van der Waals surface area contributed by atoms with Crippen LogP contribution in [-0.2, 0) is 9.47 Å². The third-order valence-electron chi connectivity index (χ3n) is 4.94. The van der Waals surface area contributed by atoms with Crippen molar-refractivity contribution in [2.75, 3.05) is 6.67 Å². The molecule has 2 atom stereocenters. The molecule has 0 bridgehead atoms. The molecule has 8 heteroatoms. The fourth-order valence-corrected chi connectivity index (χ4v) is 3.63. The van der Waals surface area contributed by atoms with Crippen molar-refractivity contribution >= 4 is 6.09 Å². The van der Waals surface area contributed by atoms with Gasteiger partial charge in [-0.25, -0.2) is 18.6 Å². The van der Waals surface area contributed by atoms with Crippen LogP contribution in [0.1, 0.15) is 52.0 Å². The lowest BCUT2D eigenvalue weighted by molar-refractivity contribution is -0.0797. The summed E-state index contributed by atoms with van der Waals surface area (Å²) >= 11 is 0. The van der Waals surface area contributed by atoms with Crippen molar-refractivity contribution in [2.24, 2.45) is 0 Å². The summed E-state index contributed by atoms with van der Waals surface area (Å²) in [4.78, 5) is 17.8. The Bertz CT molecular complexity index is 1010. The summed E-state index contributed by atoms with van der Waals surface area (Å²) in [6, 6.07) is 9.03. The lowest BCUT2D eigenvalue weighted by Crippen LogP contribution is -2.50. The van der Waals surface area contributed by atoms with Crippen LogP contribution in [0.25, 0.3) is 11.1 Å². The van der Waals surface area contributed by atoms with Crippen LogP contribution in [0.3, 0.4) is 0 Å². The number of hydrogen-bond acceptors (Lipinski definition) is 5. The number of nitrogens with zero attached hydrogens (tertiary/aromatic N) is 3. The van der Waals surface area contributed by atoms with E-state index >= 15 is 0 Å². The molecule has 1 fully saturated rings. The zero-order valence-electron chi connectivity index (χ0n) is 18.1. The van der Waals surface area contributed by atoms with E-state index in [1.165, 1.54) is 17.2 Å². The number of alkyl halides is 1. The van der Waals surface area contributed by atoms with E-state index in [2.05, 4.69) is 4.98 Å². The summed E-state index contributed by atoms with van der Waals surface area (Å²) < 4.78 is 39.5. The number of aromatic nitrogens is 1. The summed E-state index contributed by atoms with van der Waals surface area (Å²) in [7, 11) is 0. The Kier molecular flexibility index (Phi) is 6.01. The summed E-state index contributed by atoms with van der Waals surface area (Å²) in [6.45, 7) is 7.82. The molecule has 164 valence electrons. The number of ether oxygens (including phenoxy) is 2. The molecular formula is C23H25F2N3O3. The van der Waals surface area contributed by atoms with Gasteiger partial charge >= 0.3 is 6.09 Å². The molecule has 1 amide bonds. The van der Waals surface area contributed by atoms with Gasteiger partial charge in [-0.05, 0) is 51.8 Å². The highest BCUT2D eigenvalue weighted by Gasteiger charge is 2.51. The Balaban J connectivity index is 1.88. The van der Waals surface area contributed by atoms with Crippen molar-refractivity contribution in [3.05, 3.63) is 53.6 Å². The topological polar surface area (TPSA) is 75.5 Å². The largest absolute Gasteiger partial charge is 0.444 e. The van der Waals surface area contributed by atoms with Crippen molar-refractivity contribution in [1.29, 1.82) is 5.26 Å². The van der Waals surface area contributed by atoms with Gasteiger partial charge in [0.2, 0.25) is 0 Å². The number of rotatable bonds is 3. The monoisotopic (exact) mass is 429 g/mol. The van der Waals surface area contributed by atoms with E-state index in [1.54, 1.807) is 65.0 Å². The molecule has 0 aliphatic carbocycles. The van der Waals surface area contributed by atoms with Crippen molar-refractivity contribution < 1.29 is 23.0 Å². The van der Waals surface area contributed by atoms with Gasteiger partial charge in [0.1, 0.15) is 30.2 Å². The normalized spacial score (nSPS) is 20.4.